The Labute approximate surface area is 219 Å². The zero-order valence-electron chi connectivity index (χ0n) is 19.0. The van der Waals surface area contributed by atoms with Gasteiger partial charge in [-0.15, -0.1) is 0 Å². The molecule has 0 spiro atoms. The van der Waals surface area contributed by atoms with Crippen LogP contribution in [0.5, 0.6) is 17.2 Å². The van der Waals surface area contributed by atoms with Crippen molar-refractivity contribution in [3.63, 3.8) is 0 Å². The molecule has 3 aromatic rings. The molecule has 1 heterocycles. The highest BCUT2D eigenvalue weighted by Crippen LogP contribution is 2.33. The molecule has 0 saturated carbocycles. The van der Waals surface area contributed by atoms with Crippen molar-refractivity contribution in [3.05, 3.63) is 87.5 Å². The average Bonchev–Trinajstić information content (AvgIpc) is 3.11. The number of para-hydroxylation sites is 2. The number of nitrogens with zero attached hydrogens (tertiary/aromatic N) is 1. The Morgan fingerprint density at radius 3 is 2.51 bits per heavy atom. The molecule has 0 unspecified atom stereocenters. The molecule has 180 valence electrons. The molecule has 6 nitrogen and oxygen atoms in total. The number of benzene rings is 3. The van der Waals surface area contributed by atoms with Gasteiger partial charge in [0.05, 0.1) is 24.4 Å². The normalized spacial score (nSPS) is 14.3. The van der Waals surface area contributed by atoms with Crippen LogP contribution in [0.15, 0.2) is 66.4 Å². The van der Waals surface area contributed by atoms with Crippen molar-refractivity contribution in [2.75, 3.05) is 18.6 Å². The number of hydrogen-bond donors (Lipinski definition) is 1. The predicted molar refractivity (Wildman–Crippen MR) is 143 cm³/mol. The first-order valence-electron chi connectivity index (χ1n) is 10.7. The van der Waals surface area contributed by atoms with Crippen LogP contribution in [-0.2, 0) is 11.4 Å². The Balaban J connectivity index is 1.59. The van der Waals surface area contributed by atoms with Crippen LogP contribution in [0.4, 0.5) is 5.69 Å². The molecule has 0 atom stereocenters. The van der Waals surface area contributed by atoms with Gasteiger partial charge in [-0.2, -0.15) is 0 Å². The van der Waals surface area contributed by atoms with Gasteiger partial charge in [-0.25, -0.2) is 4.90 Å². The van der Waals surface area contributed by atoms with E-state index in [0.717, 1.165) is 11.1 Å². The first-order valence-corrected chi connectivity index (χ1v) is 11.9. The van der Waals surface area contributed by atoms with Crippen LogP contribution < -0.4 is 24.4 Å². The maximum atomic E-state index is 13.2. The van der Waals surface area contributed by atoms with E-state index in [-0.39, 0.29) is 17.6 Å². The summed E-state index contributed by atoms with van der Waals surface area (Å²) in [6.45, 7) is 2.56. The van der Waals surface area contributed by atoms with Crippen LogP contribution in [0.3, 0.4) is 0 Å². The number of thiocarbonyl (C=S) groups is 1. The van der Waals surface area contributed by atoms with E-state index in [1.54, 1.807) is 43.5 Å². The molecule has 4 rings (SSSR count). The lowest BCUT2D eigenvalue weighted by Gasteiger charge is -2.18. The van der Waals surface area contributed by atoms with E-state index < -0.39 is 0 Å². The van der Waals surface area contributed by atoms with E-state index in [4.69, 9.17) is 49.6 Å². The summed E-state index contributed by atoms with van der Waals surface area (Å²) >= 11 is 17.6. The number of methoxy groups -OCH3 is 1. The van der Waals surface area contributed by atoms with E-state index in [0.29, 0.717) is 45.3 Å². The third-order valence-corrected chi connectivity index (χ3v) is 5.99. The molecule has 3 aromatic carbocycles. The third-order valence-electron chi connectivity index (χ3n) is 5.18. The molecular formula is C26H22Cl2N2O4S. The number of halogens is 2. The van der Waals surface area contributed by atoms with Crippen molar-refractivity contribution in [1.82, 2.24) is 5.32 Å². The second kappa shape index (κ2) is 11.0. The minimum Gasteiger partial charge on any atom is -0.496 e. The molecular weight excluding hydrogens is 507 g/mol. The molecule has 1 saturated heterocycles. The molecule has 1 aliphatic rings. The molecule has 1 amide bonds. The fraction of sp³-hybridized carbons (Fsp3) is 0.154. The summed E-state index contributed by atoms with van der Waals surface area (Å²) in [6, 6.07) is 17.9. The fourth-order valence-electron chi connectivity index (χ4n) is 3.59. The van der Waals surface area contributed by atoms with Gasteiger partial charge < -0.3 is 19.5 Å². The van der Waals surface area contributed by atoms with Gasteiger partial charge in [0.2, 0.25) is 0 Å². The van der Waals surface area contributed by atoms with Crippen molar-refractivity contribution in [3.8, 4) is 17.2 Å². The highest BCUT2D eigenvalue weighted by atomic mass is 35.5. The Hall–Kier alpha value is -3.26. The summed E-state index contributed by atoms with van der Waals surface area (Å²) < 4.78 is 17.0. The first kappa shape index (κ1) is 24.9. The topological polar surface area (TPSA) is 60.0 Å². The standard InChI is InChI=1S/C26H22Cl2N2O4S/c1-3-33-24-7-5-4-6-21(24)30-25(31)20(29-26(30)35)13-16-8-10-22(32-2)17(12-16)15-34-23-11-9-18(27)14-19(23)28/h4-14H,3,15H2,1-2H3,(H,29,35)/b20-13+. The quantitative estimate of drug-likeness (QED) is 0.275. The zero-order chi connectivity index (χ0) is 24.9. The minimum atomic E-state index is -0.274. The predicted octanol–water partition coefficient (Wildman–Crippen LogP) is 6.24. The van der Waals surface area contributed by atoms with Gasteiger partial charge in [0.1, 0.15) is 29.6 Å². The minimum absolute atomic E-state index is 0.204. The zero-order valence-corrected chi connectivity index (χ0v) is 21.3. The summed E-state index contributed by atoms with van der Waals surface area (Å²) in [5.74, 6) is 1.46. The van der Waals surface area contributed by atoms with Gasteiger partial charge >= 0.3 is 0 Å². The fourth-order valence-corrected chi connectivity index (χ4v) is 4.34. The first-order chi connectivity index (χ1) is 16.9. The van der Waals surface area contributed by atoms with E-state index in [9.17, 15) is 4.79 Å². The Morgan fingerprint density at radius 2 is 1.77 bits per heavy atom. The van der Waals surface area contributed by atoms with Gasteiger partial charge in [-0.3, -0.25) is 4.79 Å². The lowest BCUT2D eigenvalue weighted by atomic mass is 10.1. The van der Waals surface area contributed by atoms with Gasteiger partial charge in [-0.05, 0) is 73.2 Å². The van der Waals surface area contributed by atoms with Crippen molar-refractivity contribution in [2.45, 2.75) is 13.5 Å². The van der Waals surface area contributed by atoms with Crippen LogP contribution >= 0.6 is 35.4 Å². The van der Waals surface area contributed by atoms with Crippen molar-refractivity contribution >= 4 is 58.2 Å². The number of ether oxygens (including phenoxy) is 3. The van der Waals surface area contributed by atoms with E-state index in [2.05, 4.69) is 5.32 Å². The van der Waals surface area contributed by atoms with Crippen LogP contribution in [-0.4, -0.2) is 24.7 Å². The smallest absolute Gasteiger partial charge is 0.281 e. The van der Waals surface area contributed by atoms with E-state index in [1.165, 1.54) is 4.90 Å². The molecule has 35 heavy (non-hydrogen) atoms. The summed E-state index contributed by atoms with van der Waals surface area (Å²) in [4.78, 5) is 14.7. The Bertz CT molecular complexity index is 1310. The van der Waals surface area contributed by atoms with Gasteiger partial charge in [0, 0.05) is 10.6 Å². The Morgan fingerprint density at radius 1 is 1.00 bits per heavy atom. The average molecular weight is 529 g/mol. The molecule has 9 heteroatoms. The molecule has 0 aliphatic carbocycles. The molecule has 1 aliphatic heterocycles. The molecule has 0 radical (unpaired) electrons. The van der Waals surface area contributed by atoms with Crippen molar-refractivity contribution in [1.29, 1.82) is 0 Å². The Kier molecular flexibility index (Phi) is 7.80. The largest absolute Gasteiger partial charge is 0.496 e. The highest BCUT2D eigenvalue weighted by molar-refractivity contribution is 7.80. The molecule has 1 N–H and O–H groups in total. The molecule has 1 fully saturated rings. The number of anilines is 1. The number of carbonyl (C=O) groups is 1. The van der Waals surface area contributed by atoms with E-state index >= 15 is 0 Å². The summed E-state index contributed by atoms with van der Waals surface area (Å²) in [5.41, 5.74) is 2.48. The molecule has 0 aromatic heterocycles. The van der Waals surface area contributed by atoms with Crippen LogP contribution in [0, 0.1) is 0 Å². The summed E-state index contributed by atoms with van der Waals surface area (Å²) in [6.07, 6.45) is 1.73. The lowest BCUT2D eigenvalue weighted by molar-refractivity contribution is -0.113. The maximum absolute atomic E-state index is 13.2. The number of nitrogens with one attached hydrogen (secondary N) is 1. The number of rotatable bonds is 8. The summed E-state index contributed by atoms with van der Waals surface area (Å²) in [7, 11) is 1.58. The van der Waals surface area contributed by atoms with Crippen LogP contribution in [0.25, 0.3) is 6.08 Å². The number of hydrogen-bond acceptors (Lipinski definition) is 5. The highest BCUT2D eigenvalue weighted by Gasteiger charge is 2.33. The second-order valence-electron chi connectivity index (χ2n) is 7.46. The summed E-state index contributed by atoms with van der Waals surface area (Å²) in [5, 5.41) is 4.23. The van der Waals surface area contributed by atoms with E-state index in [1.807, 2.05) is 37.3 Å². The van der Waals surface area contributed by atoms with Crippen LogP contribution in [0.2, 0.25) is 10.0 Å². The van der Waals surface area contributed by atoms with Gasteiger partial charge in [0.25, 0.3) is 5.91 Å². The third kappa shape index (κ3) is 5.53. The van der Waals surface area contributed by atoms with Crippen molar-refractivity contribution in [2.24, 2.45) is 0 Å². The van der Waals surface area contributed by atoms with Crippen LogP contribution in [0.1, 0.15) is 18.1 Å². The second-order valence-corrected chi connectivity index (χ2v) is 8.69. The van der Waals surface area contributed by atoms with Gasteiger partial charge in [0.15, 0.2) is 5.11 Å². The number of amides is 1. The van der Waals surface area contributed by atoms with Crippen molar-refractivity contribution < 1.29 is 19.0 Å². The lowest BCUT2D eigenvalue weighted by Crippen LogP contribution is -2.30. The maximum Gasteiger partial charge on any atom is 0.281 e. The van der Waals surface area contributed by atoms with Gasteiger partial charge in [-0.1, -0.05) is 41.4 Å². The SMILES string of the molecule is CCOc1ccccc1N1C(=O)/C(=C\c2ccc(OC)c(COc3ccc(Cl)cc3Cl)c2)NC1=S. The monoisotopic (exact) mass is 528 g/mol. The number of carbonyl (C=O) groups excluding carboxylic acids is 1. The molecule has 0 bridgehead atoms.